The molecule has 2 N–H and O–H groups in total. The van der Waals surface area contributed by atoms with E-state index in [2.05, 4.69) is 22.6 Å². The maximum atomic E-state index is 13.8. The highest BCUT2D eigenvalue weighted by atomic mass is 16.6. The number of methoxy groups -OCH3 is 1. The van der Waals surface area contributed by atoms with Crippen LogP contribution in [0.15, 0.2) is 60.7 Å². The SMILES string of the molecule is COc1cc(C(=O)N(C)c2ccc(C)cc2OCCCCCC(=O)N2CCN(C)CC2)ccc1CNC(=O)OC(C)(C)Cc1ccccc1OCCCNC(=O)OC(C)(C)C. The summed E-state index contributed by atoms with van der Waals surface area (Å²) in [4.78, 5) is 57.1. The van der Waals surface area contributed by atoms with Crippen molar-refractivity contribution < 1.29 is 42.9 Å². The van der Waals surface area contributed by atoms with Crippen LogP contribution in [0, 0.1) is 6.92 Å². The average molecular weight is 846 g/mol. The first-order valence-electron chi connectivity index (χ1n) is 21.2. The number of carbonyl (C=O) groups excluding carboxylic acids is 4. The van der Waals surface area contributed by atoms with Crippen molar-refractivity contribution in [1.29, 1.82) is 0 Å². The number of anilines is 1. The van der Waals surface area contributed by atoms with E-state index in [0.717, 1.165) is 56.6 Å². The molecule has 0 saturated carbocycles. The largest absolute Gasteiger partial charge is 0.496 e. The molecule has 0 aromatic heterocycles. The first-order chi connectivity index (χ1) is 28.9. The smallest absolute Gasteiger partial charge is 0.407 e. The molecule has 0 aliphatic carbocycles. The molecule has 1 aliphatic rings. The van der Waals surface area contributed by atoms with Gasteiger partial charge in [-0.1, -0.05) is 30.3 Å². The van der Waals surface area contributed by atoms with Gasteiger partial charge < -0.3 is 49.0 Å². The Kier molecular flexibility index (Phi) is 18.1. The molecule has 14 heteroatoms. The lowest BCUT2D eigenvalue weighted by Crippen LogP contribution is -2.47. The van der Waals surface area contributed by atoms with Gasteiger partial charge in [-0.05, 0) is 116 Å². The van der Waals surface area contributed by atoms with Crippen molar-refractivity contribution >= 4 is 29.7 Å². The van der Waals surface area contributed by atoms with Crippen molar-refractivity contribution in [3.63, 3.8) is 0 Å². The number of hydrogen-bond donors (Lipinski definition) is 2. The summed E-state index contributed by atoms with van der Waals surface area (Å²) in [6.07, 6.45) is 2.92. The van der Waals surface area contributed by atoms with Gasteiger partial charge in [0.2, 0.25) is 5.91 Å². The first-order valence-corrected chi connectivity index (χ1v) is 21.2. The summed E-state index contributed by atoms with van der Waals surface area (Å²) in [6.45, 7) is 15.9. The molecule has 0 bridgehead atoms. The Balaban J connectivity index is 1.25. The van der Waals surface area contributed by atoms with E-state index in [9.17, 15) is 19.2 Å². The van der Waals surface area contributed by atoms with Crippen LogP contribution in [0.3, 0.4) is 0 Å². The van der Waals surface area contributed by atoms with Gasteiger partial charge in [-0.2, -0.15) is 0 Å². The number of unbranched alkanes of at least 4 members (excludes halogenated alkanes) is 2. The van der Waals surface area contributed by atoms with Crippen molar-refractivity contribution in [2.75, 3.05) is 72.0 Å². The van der Waals surface area contributed by atoms with Gasteiger partial charge in [0.25, 0.3) is 5.91 Å². The number of piperazine rings is 1. The van der Waals surface area contributed by atoms with Crippen molar-refractivity contribution in [3.05, 3.63) is 82.9 Å². The predicted octanol–water partition coefficient (Wildman–Crippen LogP) is 7.53. The molecule has 334 valence electrons. The number of likely N-dealkylation sites (N-methyl/N-ethyl adjacent to an activating group) is 1. The highest BCUT2D eigenvalue weighted by Crippen LogP contribution is 2.31. The van der Waals surface area contributed by atoms with Crippen LogP contribution in [0.2, 0.25) is 0 Å². The number of nitrogens with one attached hydrogen (secondary N) is 2. The normalized spacial score (nSPS) is 13.2. The van der Waals surface area contributed by atoms with Gasteiger partial charge in [-0.3, -0.25) is 9.59 Å². The molecule has 4 amide bonds. The standard InChI is InChI=1S/C47H67N5O9/c1-34-19-22-38(41(30-34)59-28-14-10-11-18-42(53)52-26-24-50(7)25-27-52)51(8)43(54)35-20-21-37(40(31-35)57-9)33-49-45(56)61-47(5,6)32-36-16-12-13-17-39(36)58-29-15-23-48-44(55)60-46(2,3)4/h12-13,16-17,19-22,30-31H,10-11,14-15,18,23-29,32-33H2,1-9H3,(H,48,55)(H,49,56). The Bertz CT molecular complexity index is 1920. The second-order valence-corrected chi connectivity index (χ2v) is 17.1. The topological polar surface area (TPSA) is 148 Å². The fraction of sp³-hybridized carbons (Fsp3) is 0.532. The minimum absolute atomic E-state index is 0.111. The van der Waals surface area contributed by atoms with E-state index >= 15 is 0 Å². The molecule has 0 unspecified atom stereocenters. The van der Waals surface area contributed by atoms with E-state index in [1.54, 1.807) is 30.1 Å². The Morgan fingerprint density at radius 3 is 2.15 bits per heavy atom. The average Bonchev–Trinajstić information content (AvgIpc) is 3.20. The lowest BCUT2D eigenvalue weighted by molar-refractivity contribution is -0.132. The summed E-state index contributed by atoms with van der Waals surface area (Å²) in [5.41, 5.74) is 2.15. The first kappa shape index (κ1) is 48.2. The number of para-hydroxylation sites is 1. The molecule has 61 heavy (non-hydrogen) atoms. The minimum atomic E-state index is -0.879. The molecule has 0 atom stereocenters. The maximum Gasteiger partial charge on any atom is 0.407 e. The van der Waals surface area contributed by atoms with Gasteiger partial charge in [-0.15, -0.1) is 0 Å². The van der Waals surface area contributed by atoms with E-state index in [1.165, 1.54) is 7.11 Å². The zero-order chi connectivity index (χ0) is 44.6. The van der Waals surface area contributed by atoms with Crippen LogP contribution < -0.4 is 29.7 Å². The molecule has 1 fully saturated rings. The number of benzene rings is 3. The van der Waals surface area contributed by atoms with E-state index in [0.29, 0.717) is 73.1 Å². The van der Waals surface area contributed by atoms with Gasteiger partial charge in [0, 0.05) is 70.3 Å². The molecule has 0 radical (unpaired) electrons. The molecule has 1 heterocycles. The van der Waals surface area contributed by atoms with Gasteiger partial charge in [0.1, 0.15) is 28.5 Å². The predicted molar refractivity (Wildman–Crippen MR) is 237 cm³/mol. The second-order valence-electron chi connectivity index (χ2n) is 17.1. The Morgan fingerprint density at radius 1 is 0.738 bits per heavy atom. The molecule has 0 spiro atoms. The van der Waals surface area contributed by atoms with Crippen LogP contribution >= 0.6 is 0 Å². The van der Waals surface area contributed by atoms with Crippen LogP contribution in [0.5, 0.6) is 17.2 Å². The van der Waals surface area contributed by atoms with Crippen LogP contribution in [-0.2, 0) is 27.2 Å². The van der Waals surface area contributed by atoms with Crippen LogP contribution in [0.1, 0.15) is 93.8 Å². The molecular weight excluding hydrogens is 779 g/mol. The zero-order valence-electron chi connectivity index (χ0n) is 37.7. The van der Waals surface area contributed by atoms with Gasteiger partial charge in [-0.25, -0.2) is 9.59 Å². The molecule has 14 nitrogen and oxygen atoms in total. The van der Waals surface area contributed by atoms with Gasteiger partial charge in [0.15, 0.2) is 0 Å². The number of aryl methyl sites for hydroxylation is 1. The van der Waals surface area contributed by atoms with E-state index in [4.69, 9.17) is 23.7 Å². The number of amides is 4. The Hall–Kier alpha value is -5.50. The van der Waals surface area contributed by atoms with Crippen LogP contribution in [-0.4, -0.2) is 112 Å². The van der Waals surface area contributed by atoms with Crippen molar-refractivity contribution in [1.82, 2.24) is 20.4 Å². The van der Waals surface area contributed by atoms with Gasteiger partial charge in [0.05, 0.1) is 26.0 Å². The molecular formula is C47H67N5O9. The highest BCUT2D eigenvalue weighted by Gasteiger charge is 2.26. The van der Waals surface area contributed by atoms with Crippen LogP contribution in [0.25, 0.3) is 0 Å². The Morgan fingerprint density at radius 2 is 1.43 bits per heavy atom. The zero-order valence-corrected chi connectivity index (χ0v) is 37.7. The molecule has 3 aromatic rings. The lowest BCUT2D eigenvalue weighted by atomic mass is 9.97. The summed E-state index contributed by atoms with van der Waals surface area (Å²) in [6, 6.07) is 18.4. The second kappa shape index (κ2) is 22.9. The third kappa shape index (κ3) is 16.1. The number of alkyl carbamates (subject to hydrolysis) is 2. The summed E-state index contributed by atoms with van der Waals surface area (Å²) >= 11 is 0. The number of carbonyl (C=O) groups is 4. The van der Waals surface area contributed by atoms with Crippen LogP contribution in [0.4, 0.5) is 15.3 Å². The summed E-state index contributed by atoms with van der Waals surface area (Å²) in [7, 11) is 5.31. The lowest BCUT2D eigenvalue weighted by Gasteiger charge is -2.32. The van der Waals surface area contributed by atoms with E-state index in [1.807, 2.05) is 88.9 Å². The maximum absolute atomic E-state index is 13.8. The molecule has 3 aromatic carbocycles. The minimum Gasteiger partial charge on any atom is -0.496 e. The number of rotatable bonds is 20. The quantitative estimate of drug-likeness (QED) is 0.109. The summed E-state index contributed by atoms with van der Waals surface area (Å²) < 4.78 is 29.0. The summed E-state index contributed by atoms with van der Waals surface area (Å²) in [5, 5.41) is 5.54. The number of ether oxygens (including phenoxy) is 5. The van der Waals surface area contributed by atoms with Crippen molar-refractivity contribution in [2.24, 2.45) is 0 Å². The van der Waals surface area contributed by atoms with E-state index < -0.39 is 23.4 Å². The fourth-order valence-electron chi connectivity index (χ4n) is 6.79. The third-order valence-corrected chi connectivity index (χ3v) is 10.1. The van der Waals surface area contributed by atoms with Gasteiger partial charge >= 0.3 is 12.2 Å². The number of nitrogens with zero attached hydrogens (tertiary/aromatic N) is 3. The molecule has 1 aliphatic heterocycles. The Labute approximate surface area is 362 Å². The summed E-state index contributed by atoms with van der Waals surface area (Å²) in [5.74, 6) is 1.69. The van der Waals surface area contributed by atoms with Crippen molar-refractivity contribution in [2.45, 2.75) is 97.8 Å². The molecule has 4 rings (SSSR count). The highest BCUT2D eigenvalue weighted by molar-refractivity contribution is 6.06. The fourth-order valence-corrected chi connectivity index (χ4v) is 6.79. The number of hydrogen-bond acceptors (Lipinski definition) is 10. The molecule has 1 saturated heterocycles. The van der Waals surface area contributed by atoms with Crippen molar-refractivity contribution in [3.8, 4) is 17.2 Å². The third-order valence-electron chi connectivity index (χ3n) is 10.1. The van der Waals surface area contributed by atoms with E-state index in [-0.39, 0.29) is 18.4 Å². The monoisotopic (exact) mass is 845 g/mol.